The van der Waals surface area contributed by atoms with Crippen LogP contribution in [-0.4, -0.2) is 31.6 Å². The first-order valence-corrected chi connectivity index (χ1v) is 5.88. The molecule has 3 nitrogen and oxygen atoms in total. The fourth-order valence-corrected chi connectivity index (χ4v) is 1.71. The van der Waals surface area contributed by atoms with Crippen LogP contribution in [0, 0.1) is 11.3 Å². The van der Waals surface area contributed by atoms with Crippen molar-refractivity contribution in [3.05, 3.63) is 29.8 Å². The highest BCUT2D eigenvalue weighted by atomic mass is 16.5. The standard InChI is InChI=1S/C14H20N2O/c1-12(8-10-15)16(2)11-9-13-6-4-5-7-14(13)17-3/h4-7,12H,8-9,11H2,1-3H3. The van der Waals surface area contributed by atoms with E-state index in [1.807, 2.05) is 18.2 Å². The van der Waals surface area contributed by atoms with Crippen molar-refractivity contribution in [2.45, 2.75) is 25.8 Å². The minimum absolute atomic E-state index is 0.301. The average Bonchev–Trinajstić information content (AvgIpc) is 2.36. The Morgan fingerprint density at radius 3 is 2.76 bits per heavy atom. The fraction of sp³-hybridized carbons (Fsp3) is 0.500. The molecule has 0 aromatic heterocycles. The molecule has 0 aliphatic rings. The maximum Gasteiger partial charge on any atom is 0.122 e. The van der Waals surface area contributed by atoms with Crippen LogP contribution in [0.2, 0.25) is 0 Å². The van der Waals surface area contributed by atoms with E-state index in [-0.39, 0.29) is 0 Å². The first-order valence-electron chi connectivity index (χ1n) is 5.88. The molecule has 0 saturated heterocycles. The Labute approximate surface area is 104 Å². The molecular formula is C14H20N2O. The van der Waals surface area contributed by atoms with E-state index in [9.17, 15) is 0 Å². The summed E-state index contributed by atoms with van der Waals surface area (Å²) in [5.74, 6) is 0.939. The third-order valence-corrected chi connectivity index (χ3v) is 3.07. The van der Waals surface area contributed by atoms with Gasteiger partial charge < -0.3 is 9.64 Å². The van der Waals surface area contributed by atoms with E-state index in [1.165, 1.54) is 5.56 Å². The number of hydrogen-bond donors (Lipinski definition) is 0. The summed E-state index contributed by atoms with van der Waals surface area (Å²) in [6, 6.07) is 10.6. The SMILES string of the molecule is COc1ccccc1CCN(C)C(C)CC#N. The monoisotopic (exact) mass is 232 g/mol. The smallest absolute Gasteiger partial charge is 0.122 e. The molecule has 92 valence electrons. The second-order valence-electron chi connectivity index (χ2n) is 4.25. The zero-order chi connectivity index (χ0) is 12.7. The lowest BCUT2D eigenvalue weighted by Crippen LogP contribution is -2.30. The molecule has 1 aromatic rings. The molecule has 3 heteroatoms. The molecule has 0 spiro atoms. The van der Waals surface area contributed by atoms with Gasteiger partial charge in [-0.1, -0.05) is 18.2 Å². The van der Waals surface area contributed by atoms with Crippen LogP contribution in [-0.2, 0) is 6.42 Å². The van der Waals surface area contributed by atoms with Crippen LogP contribution >= 0.6 is 0 Å². The van der Waals surface area contributed by atoms with E-state index >= 15 is 0 Å². The predicted molar refractivity (Wildman–Crippen MR) is 69.0 cm³/mol. The molecule has 0 aliphatic heterocycles. The molecule has 0 bridgehead atoms. The predicted octanol–water partition coefficient (Wildman–Crippen LogP) is 2.47. The Morgan fingerprint density at radius 1 is 1.41 bits per heavy atom. The van der Waals surface area contributed by atoms with Crippen molar-refractivity contribution in [3.63, 3.8) is 0 Å². The summed E-state index contributed by atoms with van der Waals surface area (Å²) in [4.78, 5) is 2.20. The van der Waals surface area contributed by atoms with E-state index in [0.29, 0.717) is 12.5 Å². The van der Waals surface area contributed by atoms with Crippen molar-refractivity contribution >= 4 is 0 Å². The lowest BCUT2D eigenvalue weighted by atomic mass is 10.1. The van der Waals surface area contributed by atoms with Gasteiger partial charge in [0.25, 0.3) is 0 Å². The van der Waals surface area contributed by atoms with Crippen molar-refractivity contribution in [2.24, 2.45) is 0 Å². The Balaban J connectivity index is 2.53. The zero-order valence-corrected chi connectivity index (χ0v) is 10.8. The quantitative estimate of drug-likeness (QED) is 0.756. The third kappa shape index (κ3) is 4.08. The van der Waals surface area contributed by atoms with Crippen molar-refractivity contribution < 1.29 is 4.74 Å². The minimum Gasteiger partial charge on any atom is -0.496 e. The lowest BCUT2D eigenvalue weighted by molar-refractivity contribution is 0.263. The van der Waals surface area contributed by atoms with Gasteiger partial charge in [-0.3, -0.25) is 0 Å². The van der Waals surface area contributed by atoms with Gasteiger partial charge in [0.1, 0.15) is 5.75 Å². The molecule has 1 atom stereocenters. The van der Waals surface area contributed by atoms with Gasteiger partial charge in [0, 0.05) is 12.6 Å². The van der Waals surface area contributed by atoms with Crippen LogP contribution in [0.15, 0.2) is 24.3 Å². The van der Waals surface area contributed by atoms with Gasteiger partial charge in [0.2, 0.25) is 0 Å². The molecule has 17 heavy (non-hydrogen) atoms. The fourth-order valence-electron chi connectivity index (χ4n) is 1.71. The first-order chi connectivity index (χ1) is 8.19. The Bertz CT molecular complexity index is 384. The second kappa shape index (κ2) is 6.93. The molecule has 0 saturated carbocycles. The summed E-state index contributed by atoms with van der Waals surface area (Å²) < 4.78 is 5.31. The Kier molecular flexibility index (Phi) is 5.51. The summed E-state index contributed by atoms with van der Waals surface area (Å²) in [5, 5.41) is 8.66. The average molecular weight is 232 g/mol. The van der Waals surface area contributed by atoms with E-state index in [4.69, 9.17) is 10.00 Å². The summed E-state index contributed by atoms with van der Waals surface area (Å²) in [7, 11) is 3.75. The Hall–Kier alpha value is -1.53. The Morgan fingerprint density at radius 2 is 2.12 bits per heavy atom. The van der Waals surface area contributed by atoms with Crippen LogP contribution in [0.5, 0.6) is 5.75 Å². The number of benzene rings is 1. The lowest BCUT2D eigenvalue weighted by Gasteiger charge is -2.22. The van der Waals surface area contributed by atoms with E-state index in [1.54, 1.807) is 7.11 Å². The molecular weight excluding hydrogens is 212 g/mol. The maximum absolute atomic E-state index is 8.66. The van der Waals surface area contributed by atoms with Gasteiger partial charge in [0.05, 0.1) is 19.6 Å². The van der Waals surface area contributed by atoms with Gasteiger partial charge in [-0.05, 0) is 32.0 Å². The zero-order valence-electron chi connectivity index (χ0n) is 10.8. The van der Waals surface area contributed by atoms with Crippen molar-refractivity contribution in [2.75, 3.05) is 20.7 Å². The molecule has 0 aliphatic carbocycles. The number of nitriles is 1. The van der Waals surface area contributed by atoms with Crippen LogP contribution in [0.1, 0.15) is 18.9 Å². The van der Waals surface area contributed by atoms with Gasteiger partial charge in [0.15, 0.2) is 0 Å². The van der Waals surface area contributed by atoms with E-state index in [2.05, 4.69) is 31.0 Å². The van der Waals surface area contributed by atoms with Crippen molar-refractivity contribution in [1.29, 1.82) is 5.26 Å². The minimum atomic E-state index is 0.301. The van der Waals surface area contributed by atoms with Crippen LogP contribution in [0.3, 0.4) is 0 Å². The molecule has 1 unspecified atom stereocenters. The second-order valence-corrected chi connectivity index (χ2v) is 4.25. The van der Waals surface area contributed by atoms with Crippen molar-refractivity contribution in [3.8, 4) is 11.8 Å². The number of likely N-dealkylation sites (N-methyl/N-ethyl adjacent to an activating group) is 1. The van der Waals surface area contributed by atoms with Gasteiger partial charge in [-0.25, -0.2) is 0 Å². The van der Waals surface area contributed by atoms with Crippen LogP contribution in [0.25, 0.3) is 0 Å². The summed E-state index contributed by atoms with van der Waals surface area (Å²) in [6.45, 7) is 3.01. The highest BCUT2D eigenvalue weighted by Crippen LogP contribution is 2.18. The van der Waals surface area contributed by atoms with Gasteiger partial charge >= 0.3 is 0 Å². The molecule has 0 radical (unpaired) electrons. The van der Waals surface area contributed by atoms with Gasteiger partial charge in [-0.2, -0.15) is 5.26 Å². The van der Waals surface area contributed by atoms with Gasteiger partial charge in [-0.15, -0.1) is 0 Å². The largest absolute Gasteiger partial charge is 0.496 e. The first kappa shape index (κ1) is 13.5. The summed E-state index contributed by atoms with van der Waals surface area (Å²) in [5.41, 5.74) is 1.21. The molecule has 0 N–H and O–H groups in total. The number of ether oxygens (including phenoxy) is 1. The summed E-state index contributed by atoms with van der Waals surface area (Å²) in [6.07, 6.45) is 1.51. The van der Waals surface area contributed by atoms with Crippen LogP contribution < -0.4 is 4.74 Å². The molecule has 1 rings (SSSR count). The highest BCUT2D eigenvalue weighted by Gasteiger charge is 2.09. The summed E-state index contributed by atoms with van der Waals surface area (Å²) >= 11 is 0. The normalized spacial score (nSPS) is 12.2. The number of para-hydroxylation sites is 1. The molecule has 0 heterocycles. The third-order valence-electron chi connectivity index (χ3n) is 3.07. The van der Waals surface area contributed by atoms with E-state index < -0.39 is 0 Å². The van der Waals surface area contributed by atoms with Crippen molar-refractivity contribution in [1.82, 2.24) is 4.90 Å². The highest BCUT2D eigenvalue weighted by molar-refractivity contribution is 5.33. The number of methoxy groups -OCH3 is 1. The number of hydrogen-bond acceptors (Lipinski definition) is 3. The number of rotatable bonds is 6. The molecule has 0 amide bonds. The topological polar surface area (TPSA) is 36.3 Å². The molecule has 1 aromatic carbocycles. The maximum atomic E-state index is 8.66. The van der Waals surface area contributed by atoms with E-state index in [0.717, 1.165) is 18.7 Å². The van der Waals surface area contributed by atoms with Crippen LogP contribution in [0.4, 0.5) is 0 Å². The number of nitrogens with zero attached hydrogens (tertiary/aromatic N) is 2. The molecule has 0 fully saturated rings.